The van der Waals surface area contributed by atoms with E-state index in [1.54, 1.807) is 11.0 Å². The van der Waals surface area contributed by atoms with Crippen molar-refractivity contribution in [3.63, 3.8) is 0 Å². The fourth-order valence-electron chi connectivity index (χ4n) is 2.60. The van der Waals surface area contributed by atoms with Crippen LogP contribution in [0.3, 0.4) is 0 Å². The number of anilines is 1. The maximum absolute atomic E-state index is 12.5. The normalized spacial score (nSPS) is 13.2. The molecule has 0 aliphatic carbocycles. The molecule has 0 aromatic heterocycles. The van der Waals surface area contributed by atoms with Crippen LogP contribution in [0, 0.1) is 0 Å². The maximum Gasteiger partial charge on any atom is 0.256 e. The maximum atomic E-state index is 12.5. The Bertz CT molecular complexity index is 741. The van der Waals surface area contributed by atoms with Gasteiger partial charge in [0.05, 0.1) is 11.1 Å². The van der Waals surface area contributed by atoms with Gasteiger partial charge in [-0.3, -0.25) is 9.59 Å². The summed E-state index contributed by atoms with van der Waals surface area (Å²) in [4.78, 5) is 26.6. The highest BCUT2D eigenvalue weighted by atomic mass is 79.9. The van der Waals surface area contributed by atoms with E-state index in [0.29, 0.717) is 29.9 Å². The Hall–Kier alpha value is -2.14. The van der Waals surface area contributed by atoms with Crippen LogP contribution in [-0.4, -0.2) is 23.3 Å². The molecule has 0 saturated carbocycles. The van der Waals surface area contributed by atoms with Gasteiger partial charge in [0.25, 0.3) is 11.8 Å². The predicted octanol–water partition coefficient (Wildman–Crippen LogP) is 3.68. The second-order valence-corrected chi connectivity index (χ2v) is 6.04. The zero-order valence-electron chi connectivity index (χ0n) is 12.1. The third kappa shape index (κ3) is 2.64. The average Bonchev–Trinajstić information content (AvgIpc) is 2.86. The van der Waals surface area contributed by atoms with E-state index in [-0.39, 0.29) is 11.8 Å². The van der Waals surface area contributed by atoms with E-state index in [0.717, 1.165) is 10.0 Å². The summed E-state index contributed by atoms with van der Waals surface area (Å²) in [6.07, 6.45) is 0. The second-order valence-electron chi connectivity index (χ2n) is 5.12. The van der Waals surface area contributed by atoms with Gasteiger partial charge in [-0.2, -0.15) is 0 Å². The first kappa shape index (κ1) is 14.8. The number of rotatable bonds is 3. The lowest BCUT2D eigenvalue weighted by Gasteiger charge is -2.12. The van der Waals surface area contributed by atoms with Gasteiger partial charge in [-0.25, -0.2) is 0 Å². The average molecular weight is 359 g/mol. The minimum absolute atomic E-state index is 0.0703. The Morgan fingerprint density at radius 1 is 1.23 bits per heavy atom. The molecular formula is C17H15BrN2O2. The first-order chi connectivity index (χ1) is 10.6. The number of nitrogens with one attached hydrogen (secondary N) is 1. The number of fused-ring (bicyclic) bond motifs is 1. The van der Waals surface area contributed by atoms with Crippen molar-refractivity contribution in [1.29, 1.82) is 0 Å². The SMILES string of the molecule is CCN1Cc2cccc(C(=O)Nc3ccc(Br)cc3)c2C1=O. The highest BCUT2D eigenvalue weighted by Crippen LogP contribution is 2.26. The number of benzene rings is 2. The number of carbonyl (C=O) groups is 2. The molecule has 1 N–H and O–H groups in total. The van der Waals surface area contributed by atoms with Crippen LogP contribution in [0.5, 0.6) is 0 Å². The van der Waals surface area contributed by atoms with Crippen LogP contribution >= 0.6 is 15.9 Å². The summed E-state index contributed by atoms with van der Waals surface area (Å²) in [5.74, 6) is -0.329. The van der Waals surface area contributed by atoms with Crippen LogP contribution in [-0.2, 0) is 6.54 Å². The van der Waals surface area contributed by atoms with E-state index in [9.17, 15) is 9.59 Å². The molecule has 22 heavy (non-hydrogen) atoms. The van der Waals surface area contributed by atoms with Crippen molar-refractivity contribution in [1.82, 2.24) is 4.90 Å². The molecule has 0 saturated heterocycles. The minimum Gasteiger partial charge on any atom is -0.335 e. The number of hydrogen-bond acceptors (Lipinski definition) is 2. The van der Waals surface area contributed by atoms with Crippen LogP contribution in [0.25, 0.3) is 0 Å². The van der Waals surface area contributed by atoms with Gasteiger partial charge in [-0.05, 0) is 42.8 Å². The summed E-state index contributed by atoms with van der Waals surface area (Å²) >= 11 is 3.36. The van der Waals surface area contributed by atoms with E-state index in [1.807, 2.05) is 43.3 Å². The van der Waals surface area contributed by atoms with E-state index in [4.69, 9.17) is 0 Å². The number of halogens is 1. The molecule has 0 bridgehead atoms. The third-order valence-corrected chi connectivity index (χ3v) is 4.27. The molecule has 2 amide bonds. The fraction of sp³-hybridized carbons (Fsp3) is 0.176. The molecule has 3 rings (SSSR count). The smallest absolute Gasteiger partial charge is 0.256 e. The van der Waals surface area contributed by atoms with Crippen molar-refractivity contribution in [2.75, 3.05) is 11.9 Å². The third-order valence-electron chi connectivity index (χ3n) is 3.74. The predicted molar refractivity (Wildman–Crippen MR) is 89.0 cm³/mol. The first-order valence-corrected chi connectivity index (χ1v) is 7.87. The van der Waals surface area contributed by atoms with Crippen molar-refractivity contribution >= 4 is 33.4 Å². The van der Waals surface area contributed by atoms with Crippen LogP contribution in [0.4, 0.5) is 5.69 Å². The largest absolute Gasteiger partial charge is 0.335 e. The molecule has 5 heteroatoms. The molecule has 2 aromatic rings. The van der Waals surface area contributed by atoms with Gasteiger partial charge in [0, 0.05) is 23.2 Å². The molecule has 0 atom stereocenters. The summed E-state index contributed by atoms with van der Waals surface area (Å²) < 4.78 is 0.944. The quantitative estimate of drug-likeness (QED) is 0.909. The van der Waals surface area contributed by atoms with Crippen molar-refractivity contribution in [3.8, 4) is 0 Å². The number of carbonyl (C=O) groups excluding carboxylic acids is 2. The van der Waals surface area contributed by atoms with Gasteiger partial charge in [0.2, 0.25) is 0 Å². The molecule has 2 aromatic carbocycles. The fourth-order valence-corrected chi connectivity index (χ4v) is 2.86. The molecule has 0 fully saturated rings. The van der Waals surface area contributed by atoms with Gasteiger partial charge in [0.15, 0.2) is 0 Å². The van der Waals surface area contributed by atoms with Gasteiger partial charge >= 0.3 is 0 Å². The summed E-state index contributed by atoms with van der Waals surface area (Å²) in [7, 11) is 0. The topological polar surface area (TPSA) is 49.4 Å². The lowest BCUT2D eigenvalue weighted by atomic mass is 10.0. The highest BCUT2D eigenvalue weighted by molar-refractivity contribution is 9.10. The van der Waals surface area contributed by atoms with Gasteiger partial charge in [-0.15, -0.1) is 0 Å². The highest BCUT2D eigenvalue weighted by Gasteiger charge is 2.30. The van der Waals surface area contributed by atoms with Crippen LogP contribution in [0.15, 0.2) is 46.9 Å². The summed E-state index contributed by atoms with van der Waals surface area (Å²) in [6, 6.07) is 12.8. The molecule has 1 aliphatic rings. The van der Waals surface area contributed by atoms with E-state index in [1.165, 1.54) is 0 Å². The number of hydrogen-bond donors (Lipinski definition) is 1. The van der Waals surface area contributed by atoms with Crippen molar-refractivity contribution in [2.45, 2.75) is 13.5 Å². The summed E-state index contributed by atoms with van der Waals surface area (Å²) in [5.41, 5.74) is 2.57. The number of amides is 2. The molecule has 1 aliphatic heterocycles. The Labute approximate surface area is 137 Å². The zero-order chi connectivity index (χ0) is 15.7. The first-order valence-electron chi connectivity index (χ1n) is 7.08. The molecule has 0 radical (unpaired) electrons. The molecule has 112 valence electrons. The lowest BCUT2D eigenvalue weighted by molar-refractivity contribution is 0.0783. The monoisotopic (exact) mass is 358 g/mol. The molecule has 0 spiro atoms. The van der Waals surface area contributed by atoms with E-state index >= 15 is 0 Å². The molecule has 4 nitrogen and oxygen atoms in total. The van der Waals surface area contributed by atoms with Crippen LogP contribution in [0.2, 0.25) is 0 Å². The molecular weight excluding hydrogens is 344 g/mol. The Kier molecular flexibility index (Phi) is 3.98. The summed E-state index contributed by atoms with van der Waals surface area (Å²) in [5, 5.41) is 2.84. The van der Waals surface area contributed by atoms with Crippen LogP contribution in [0.1, 0.15) is 33.2 Å². The van der Waals surface area contributed by atoms with Gasteiger partial charge in [-0.1, -0.05) is 28.1 Å². The van der Waals surface area contributed by atoms with Crippen molar-refractivity contribution in [3.05, 3.63) is 63.6 Å². The Balaban J connectivity index is 1.90. The molecule has 1 heterocycles. The van der Waals surface area contributed by atoms with Gasteiger partial charge < -0.3 is 10.2 Å². The minimum atomic E-state index is -0.259. The zero-order valence-corrected chi connectivity index (χ0v) is 13.7. The van der Waals surface area contributed by atoms with E-state index in [2.05, 4.69) is 21.2 Å². The number of nitrogens with zero attached hydrogens (tertiary/aromatic N) is 1. The lowest BCUT2D eigenvalue weighted by Crippen LogP contribution is -2.24. The van der Waals surface area contributed by atoms with E-state index < -0.39 is 0 Å². The Morgan fingerprint density at radius 3 is 2.64 bits per heavy atom. The van der Waals surface area contributed by atoms with Crippen molar-refractivity contribution < 1.29 is 9.59 Å². The van der Waals surface area contributed by atoms with Crippen LogP contribution < -0.4 is 5.32 Å². The van der Waals surface area contributed by atoms with Crippen molar-refractivity contribution in [2.24, 2.45) is 0 Å². The second kappa shape index (κ2) is 5.93. The van der Waals surface area contributed by atoms with Gasteiger partial charge in [0.1, 0.15) is 0 Å². The Morgan fingerprint density at radius 2 is 1.95 bits per heavy atom. The molecule has 0 unspecified atom stereocenters. The summed E-state index contributed by atoms with van der Waals surface area (Å²) in [6.45, 7) is 3.15. The standard InChI is InChI=1S/C17H15BrN2O2/c1-2-20-10-11-4-3-5-14(15(11)17(20)22)16(21)19-13-8-6-12(18)7-9-13/h3-9H,2,10H2,1H3,(H,19,21).